The van der Waals surface area contributed by atoms with E-state index >= 15 is 0 Å². The summed E-state index contributed by atoms with van der Waals surface area (Å²) in [6.45, 7) is 5.20. The van der Waals surface area contributed by atoms with E-state index in [4.69, 9.17) is 23.2 Å². The number of rotatable bonds is 5. The Bertz CT molecular complexity index is 560. The van der Waals surface area contributed by atoms with Gasteiger partial charge in [-0.25, -0.2) is 0 Å². The first-order valence-electron chi connectivity index (χ1n) is 6.80. The van der Waals surface area contributed by atoms with E-state index in [1.165, 1.54) is 0 Å². The van der Waals surface area contributed by atoms with Crippen molar-refractivity contribution < 1.29 is 9.59 Å². The highest BCUT2D eigenvalue weighted by Crippen LogP contribution is 2.29. The van der Waals surface area contributed by atoms with Crippen LogP contribution >= 0.6 is 23.2 Å². The van der Waals surface area contributed by atoms with Crippen LogP contribution in [-0.4, -0.2) is 43.9 Å². The third-order valence-electron chi connectivity index (χ3n) is 2.88. The first-order chi connectivity index (χ1) is 10.1. The Morgan fingerprint density at radius 3 is 2.41 bits per heavy atom. The molecule has 7 heteroatoms. The summed E-state index contributed by atoms with van der Waals surface area (Å²) in [4.78, 5) is 25.8. The summed E-state index contributed by atoms with van der Waals surface area (Å²) in [5, 5.41) is 5.60. The molecule has 5 nitrogen and oxygen atoms in total. The molecule has 0 saturated heterocycles. The van der Waals surface area contributed by atoms with E-state index in [-0.39, 0.29) is 10.4 Å². The summed E-state index contributed by atoms with van der Waals surface area (Å²) in [5.74, 6) is -1.48. The summed E-state index contributed by atoms with van der Waals surface area (Å²) in [5.41, 5.74) is 0.162. The smallest absolute Gasteiger partial charge is 0.313 e. The normalized spacial score (nSPS) is 11.4. The molecule has 0 fully saturated rings. The van der Waals surface area contributed by atoms with Crippen LogP contribution in [-0.2, 0) is 9.59 Å². The van der Waals surface area contributed by atoms with Gasteiger partial charge in [-0.3, -0.25) is 9.59 Å². The standard InChI is InChI=1S/C15H21Cl2N3O2/c1-15(2,9-20(3)4)8-18-13(21)14(22)19-11-7-5-6-10(16)12(11)17/h5-7H,8-9H2,1-4H3,(H,18,21)(H,19,22). The minimum Gasteiger partial charge on any atom is -0.347 e. The van der Waals surface area contributed by atoms with Gasteiger partial charge in [-0.2, -0.15) is 0 Å². The van der Waals surface area contributed by atoms with Crippen LogP contribution in [0.5, 0.6) is 0 Å². The molecule has 122 valence electrons. The molecule has 0 aromatic heterocycles. The lowest BCUT2D eigenvalue weighted by Gasteiger charge is -2.28. The third kappa shape index (κ3) is 5.83. The molecule has 0 atom stereocenters. The van der Waals surface area contributed by atoms with Gasteiger partial charge in [0, 0.05) is 13.1 Å². The van der Waals surface area contributed by atoms with E-state index in [1.807, 2.05) is 32.8 Å². The van der Waals surface area contributed by atoms with Gasteiger partial charge in [0.1, 0.15) is 0 Å². The lowest BCUT2D eigenvalue weighted by atomic mass is 9.93. The molecule has 0 aliphatic rings. The molecule has 2 amide bonds. The van der Waals surface area contributed by atoms with E-state index in [0.29, 0.717) is 17.3 Å². The van der Waals surface area contributed by atoms with Crippen molar-refractivity contribution in [2.45, 2.75) is 13.8 Å². The van der Waals surface area contributed by atoms with Crippen LogP contribution < -0.4 is 10.6 Å². The number of carbonyl (C=O) groups is 2. The first-order valence-corrected chi connectivity index (χ1v) is 7.56. The number of anilines is 1. The predicted molar refractivity (Wildman–Crippen MR) is 90.4 cm³/mol. The second kappa shape index (κ2) is 7.81. The lowest BCUT2D eigenvalue weighted by molar-refractivity contribution is -0.136. The monoisotopic (exact) mass is 345 g/mol. The third-order valence-corrected chi connectivity index (χ3v) is 3.70. The Hall–Kier alpha value is -1.30. The van der Waals surface area contributed by atoms with Crippen LogP contribution in [0.2, 0.25) is 10.0 Å². The number of hydrogen-bond acceptors (Lipinski definition) is 3. The van der Waals surface area contributed by atoms with E-state index in [9.17, 15) is 9.59 Å². The van der Waals surface area contributed by atoms with Crippen molar-refractivity contribution in [2.24, 2.45) is 5.41 Å². The molecule has 22 heavy (non-hydrogen) atoms. The van der Waals surface area contributed by atoms with E-state index in [2.05, 4.69) is 10.6 Å². The van der Waals surface area contributed by atoms with Gasteiger partial charge in [0.15, 0.2) is 0 Å². The largest absolute Gasteiger partial charge is 0.347 e. The molecule has 0 aliphatic carbocycles. The second-order valence-corrected chi connectivity index (χ2v) is 6.93. The Morgan fingerprint density at radius 2 is 1.82 bits per heavy atom. The number of halogens is 2. The highest BCUT2D eigenvalue weighted by molar-refractivity contribution is 6.45. The molecular formula is C15H21Cl2N3O2. The zero-order chi connectivity index (χ0) is 16.9. The van der Waals surface area contributed by atoms with Gasteiger partial charge >= 0.3 is 11.8 Å². The second-order valence-electron chi connectivity index (χ2n) is 6.14. The fourth-order valence-electron chi connectivity index (χ4n) is 2.09. The van der Waals surface area contributed by atoms with Crippen LogP contribution in [0.3, 0.4) is 0 Å². The van der Waals surface area contributed by atoms with Crippen molar-refractivity contribution in [3.8, 4) is 0 Å². The van der Waals surface area contributed by atoms with Crippen molar-refractivity contribution in [3.05, 3.63) is 28.2 Å². The van der Waals surface area contributed by atoms with Crippen LogP contribution in [0.25, 0.3) is 0 Å². The van der Waals surface area contributed by atoms with Gasteiger partial charge in [0.25, 0.3) is 0 Å². The topological polar surface area (TPSA) is 61.4 Å². The van der Waals surface area contributed by atoms with E-state index < -0.39 is 11.8 Å². The van der Waals surface area contributed by atoms with Gasteiger partial charge in [0.2, 0.25) is 0 Å². The quantitative estimate of drug-likeness (QED) is 0.806. The van der Waals surface area contributed by atoms with Crippen molar-refractivity contribution in [2.75, 3.05) is 32.5 Å². The van der Waals surface area contributed by atoms with E-state index in [0.717, 1.165) is 6.54 Å². The summed E-state index contributed by atoms with van der Waals surface area (Å²) >= 11 is 11.8. The van der Waals surface area contributed by atoms with Gasteiger partial charge in [0.05, 0.1) is 15.7 Å². The molecule has 0 aliphatic heterocycles. The maximum absolute atomic E-state index is 11.9. The zero-order valence-electron chi connectivity index (χ0n) is 13.2. The molecular weight excluding hydrogens is 325 g/mol. The Labute approximate surface area is 141 Å². The highest BCUT2D eigenvalue weighted by atomic mass is 35.5. The Morgan fingerprint density at radius 1 is 1.18 bits per heavy atom. The Kier molecular flexibility index (Phi) is 6.66. The average Bonchev–Trinajstić information content (AvgIpc) is 2.40. The van der Waals surface area contributed by atoms with Crippen LogP contribution in [0.4, 0.5) is 5.69 Å². The SMILES string of the molecule is CN(C)CC(C)(C)CNC(=O)C(=O)Nc1cccc(Cl)c1Cl. The van der Waals surface area contributed by atoms with Crippen molar-refractivity contribution in [1.29, 1.82) is 0 Å². The molecule has 0 unspecified atom stereocenters. The summed E-state index contributed by atoms with van der Waals surface area (Å²) in [6, 6.07) is 4.82. The van der Waals surface area contributed by atoms with Gasteiger partial charge in [-0.1, -0.05) is 43.1 Å². The number of hydrogen-bond donors (Lipinski definition) is 2. The minimum absolute atomic E-state index is 0.146. The summed E-state index contributed by atoms with van der Waals surface area (Å²) in [6.07, 6.45) is 0. The number of nitrogens with zero attached hydrogens (tertiary/aromatic N) is 1. The van der Waals surface area contributed by atoms with Gasteiger partial charge in [-0.05, 0) is 31.6 Å². The van der Waals surface area contributed by atoms with Gasteiger partial charge < -0.3 is 15.5 Å². The van der Waals surface area contributed by atoms with Gasteiger partial charge in [-0.15, -0.1) is 0 Å². The lowest BCUT2D eigenvalue weighted by Crippen LogP contribution is -2.43. The number of nitrogens with one attached hydrogen (secondary N) is 2. The minimum atomic E-state index is -0.773. The number of carbonyl (C=O) groups excluding carboxylic acids is 2. The maximum Gasteiger partial charge on any atom is 0.313 e. The van der Waals surface area contributed by atoms with E-state index in [1.54, 1.807) is 18.2 Å². The maximum atomic E-state index is 11.9. The molecule has 0 saturated carbocycles. The highest BCUT2D eigenvalue weighted by Gasteiger charge is 2.22. The molecule has 0 bridgehead atoms. The van der Waals surface area contributed by atoms with Crippen molar-refractivity contribution >= 4 is 40.7 Å². The number of benzene rings is 1. The predicted octanol–water partition coefficient (Wildman–Crippen LogP) is 2.64. The van der Waals surface area contributed by atoms with Crippen molar-refractivity contribution in [3.63, 3.8) is 0 Å². The first kappa shape index (κ1) is 18.7. The molecule has 2 N–H and O–H groups in total. The summed E-state index contributed by atoms with van der Waals surface area (Å²) < 4.78 is 0. The molecule has 0 spiro atoms. The number of amides is 2. The summed E-state index contributed by atoms with van der Waals surface area (Å²) in [7, 11) is 3.91. The zero-order valence-corrected chi connectivity index (χ0v) is 14.7. The Balaban J connectivity index is 2.59. The van der Waals surface area contributed by atoms with Crippen LogP contribution in [0.1, 0.15) is 13.8 Å². The molecule has 1 rings (SSSR count). The molecule has 1 aromatic carbocycles. The molecule has 0 radical (unpaired) electrons. The fourth-order valence-corrected chi connectivity index (χ4v) is 2.44. The average molecular weight is 346 g/mol. The molecule has 1 aromatic rings. The fraction of sp³-hybridized carbons (Fsp3) is 0.467. The van der Waals surface area contributed by atoms with Crippen LogP contribution in [0.15, 0.2) is 18.2 Å². The van der Waals surface area contributed by atoms with Crippen LogP contribution in [0, 0.1) is 5.41 Å². The van der Waals surface area contributed by atoms with Crippen molar-refractivity contribution in [1.82, 2.24) is 10.2 Å². The molecule has 0 heterocycles.